The van der Waals surface area contributed by atoms with E-state index in [4.69, 9.17) is 0 Å². The smallest absolute Gasteiger partial charge is 0.249 e. The number of hydrogen-bond donors (Lipinski definition) is 1. The second kappa shape index (κ2) is 3.76. The summed E-state index contributed by atoms with van der Waals surface area (Å²) in [5.41, 5.74) is 0.476. The number of carbonyl (C=O) groups excluding carboxylic acids is 1. The Hall–Kier alpha value is -1.50. The number of amides is 1. The van der Waals surface area contributed by atoms with Crippen molar-refractivity contribution in [3.8, 4) is 0 Å². The number of anilines is 1. The molecule has 1 aliphatic carbocycles. The molecule has 17 heavy (non-hydrogen) atoms. The van der Waals surface area contributed by atoms with E-state index in [0.29, 0.717) is 5.65 Å². The first-order chi connectivity index (χ1) is 8.15. The van der Waals surface area contributed by atoms with E-state index in [-0.39, 0.29) is 22.4 Å². The number of halogens is 2. The number of fused-ring (bicyclic) bond motifs is 1. The standard InChI is InChI=1S/C10H8BrFN4O/c11-8-6(12)3-4-7-13-10(15-16(7)8)14-9(17)5-1-2-5/h3-5H,1-2H2,(H,14,15,17). The average molecular weight is 299 g/mol. The molecule has 1 amide bonds. The number of nitrogens with zero attached hydrogens (tertiary/aromatic N) is 3. The number of nitrogens with one attached hydrogen (secondary N) is 1. The van der Waals surface area contributed by atoms with Crippen molar-refractivity contribution in [2.24, 2.45) is 5.92 Å². The Morgan fingerprint density at radius 3 is 3.00 bits per heavy atom. The fraction of sp³-hybridized carbons (Fsp3) is 0.300. The fourth-order valence-corrected chi connectivity index (χ4v) is 1.90. The van der Waals surface area contributed by atoms with Gasteiger partial charge in [-0.2, -0.15) is 4.98 Å². The van der Waals surface area contributed by atoms with Crippen LogP contribution in [0.25, 0.3) is 5.65 Å². The first-order valence-electron chi connectivity index (χ1n) is 5.17. The minimum Gasteiger partial charge on any atom is -0.293 e. The molecule has 2 aromatic heterocycles. The maximum absolute atomic E-state index is 13.2. The highest BCUT2D eigenvalue weighted by Crippen LogP contribution is 2.29. The van der Waals surface area contributed by atoms with Gasteiger partial charge in [-0.25, -0.2) is 8.91 Å². The van der Waals surface area contributed by atoms with Crippen LogP contribution in [0.2, 0.25) is 0 Å². The van der Waals surface area contributed by atoms with Crippen molar-refractivity contribution in [3.63, 3.8) is 0 Å². The molecule has 7 heteroatoms. The van der Waals surface area contributed by atoms with Gasteiger partial charge in [0.25, 0.3) is 0 Å². The molecule has 1 aliphatic rings. The van der Waals surface area contributed by atoms with E-state index in [1.165, 1.54) is 16.6 Å². The van der Waals surface area contributed by atoms with Gasteiger partial charge in [0, 0.05) is 5.92 Å². The molecule has 0 unspecified atom stereocenters. The van der Waals surface area contributed by atoms with Gasteiger partial charge in [-0.15, -0.1) is 5.10 Å². The maximum Gasteiger partial charge on any atom is 0.249 e. The Bertz CT molecular complexity index is 608. The Kier molecular flexibility index (Phi) is 2.36. The van der Waals surface area contributed by atoms with E-state index < -0.39 is 5.82 Å². The van der Waals surface area contributed by atoms with Crippen molar-refractivity contribution < 1.29 is 9.18 Å². The molecule has 0 saturated heterocycles. The van der Waals surface area contributed by atoms with E-state index in [0.717, 1.165) is 12.8 Å². The zero-order chi connectivity index (χ0) is 12.0. The molecule has 0 aromatic carbocycles. The van der Waals surface area contributed by atoms with Gasteiger partial charge < -0.3 is 0 Å². The van der Waals surface area contributed by atoms with Crippen molar-refractivity contribution >= 4 is 33.4 Å². The molecule has 1 N–H and O–H groups in total. The van der Waals surface area contributed by atoms with E-state index in [2.05, 4.69) is 31.3 Å². The van der Waals surface area contributed by atoms with Gasteiger partial charge in [0.1, 0.15) is 4.60 Å². The minimum absolute atomic E-state index is 0.0718. The first kappa shape index (κ1) is 10.6. The molecule has 5 nitrogen and oxygen atoms in total. The van der Waals surface area contributed by atoms with Crippen LogP contribution in [0.1, 0.15) is 12.8 Å². The van der Waals surface area contributed by atoms with Crippen LogP contribution in [0.4, 0.5) is 10.3 Å². The van der Waals surface area contributed by atoms with Crippen LogP contribution in [-0.4, -0.2) is 20.5 Å². The van der Waals surface area contributed by atoms with E-state index in [1.807, 2.05) is 0 Å². The van der Waals surface area contributed by atoms with Crippen LogP contribution < -0.4 is 5.32 Å². The molecule has 0 radical (unpaired) electrons. The second-order valence-corrected chi connectivity index (χ2v) is 4.69. The number of carbonyl (C=O) groups is 1. The third-order valence-corrected chi connectivity index (χ3v) is 3.29. The summed E-state index contributed by atoms with van der Waals surface area (Å²) in [5, 5.41) is 6.62. The van der Waals surface area contributed by atoms with Crippen molar-refractivity contribution in [2.45, 2.75) is 12.8 Å². The van der Waals surface area contributed by atoms with E-state index >= 15 is 0 Å². The topological polar surface area (TPSA) is 59.3 Å². The minimum atomic E-state index is -0.428. The molecule has 0 aliphatic heterocycles. The lowest BCUT2D eigenvalue weighted by Gasteiger charge is -1.96. The molecule has 3 rings (SSSR count). The lowest BCUT2D eigenvalue weighted by atomic mass is 10.4. The van der Waals surface area contributed by atoms with Gasteiger partial charge >= 0.3 is 0 Å². The summed E-state index contributed by atoms with van der Waals surface area (Å²) >= 11 is 3.07. The quantitative estimate of drug-likeness (QED) is 0.863. The molecular formula is C10H8BrFN4O. The highest BCUT2D eigenvalue weighted by atomic mass is 79.9. The Balaban J connectivity index is 1.95. The second-order valence-electron chi connectivity index (χ2n) is 3.94. The lowest BCUT2D eigenvalue weighted by Crippen LogP contribution is -2.14. The third kappa shape index (κ3) is 1.90. The monoisotopic (exact) mass is 298 g/mol. The third-order valence-electron chi connectivity index (χ3n) is 2.58. The average Bonchev–Trinajstić information content (AvgIpc) is 3.06. The maximum atomic E-state index is 13.2. The zero-order valence-electron chi connectivity index (χ0n) is 8.65. The van der Waals surface area contributed by atoms with Crippen molar-refractivity contribution in [3.05, 3.63) is 22.6 Å². The SMILES string of the molecule is O=C(Nc1nc2ccc(F)c(Br)n2n1)C1CC1. The van der Waals surface area contributed by atoms with Gasteiger partial charge in [0.05, 0.1) is 0 Å². The predicted octanol–water partition coefficient (Wildman–Crippen LogP) is 1.98. The Morgan fingerprint density at radius 2 is 2.29 bits per heavy atom. The molecule has 1 saturated carbocycles. The number of hydrogen-bond acceptors (Lipinski definition) is 3. The molecule has 0 atom stereocenters. The molecule has 2 heterocycles. The summed E-state index contributed by atoms with van der Waals surface area (Å²) in [6, 6.07) is 2.79. The summed E-state index contributed by atoms with van der Waals surface area (Å²) in [5.74, 6) is -0.213. The Labute approximate surface area is 104 Å². The Morgan fingerprint density at radius 1 is 1.53 bits per heavy atom. The van der Waals surface area contributed by atoms with E-state index in [9.17, 15) is 9.18 Å². The first-order valence-corrected chi connectivity index (χ1v) is 5.96. The molecule has 0 bridgehead atoms. The van der Waals surface area contributed by atoms with Crippen LogP contribution in [0, 0.1) is 11.7 Å². The van der Waals surface area contributed by atoms with Crippen molar-refractivity contribution in [1.29, 1.82) is 0 Å². The lowest BCUT2D eigenvalue weighted by molar-refractivity contribution is -0.117. The molecule has 0 spiro atoms. The highest BCUT2D eigenvalue weighted by molar-refractivity contribution is 9.10. The van der Waals surface area contributed by atoms with Crippen LogP contribution in [0.3, 0.4) is 0 Å². The van der Waals surface area contributed by atoms with Crippen molar-refractivity contribution in [2.75, 3.05) is 5.32 Å². The van der Waals surface area contributed by atoms with Crippen LogP contribution in [-0.2, 0) is 4.79 Å². The summed E-state index contributed by atoms with van der Waals surface area (Å²) in [6.45, 7) is 0. The summed E-state index contributed by atoms with van der Waals surface area (Å²) in [4.78, 5) is 15.6. The largest absolute Gasteiger partial charge is 0.293 e. The highest BCUT2D eigenvalue weighted by Gasteiger charge is 2.30. The predicted molar refractivity (Wildman–Crippen MR) is 62.0 cm³/mol. The molecule has 2 aromatic rings. The van der Waals surface area contributed by atoms with Gasteiger partial charge in [0.15, 0.2) is 11.5 Å². The summed E-state index contributed by atoms with van der Waals surface area (Å²) in [7, 11) is 0. The number of aromatic nitrogens is 3. The van der Waals surface area contributed by atoms with Gasteiger partial charge in [-0.3, -0.25) is 10.1 Å². The van der Waals surface area contributed by atoms with Gasteiger partial charge in [-0.05, 0) is 40.9 Å². The number of rotatable bonds is 2. The van der Waals surface area contributed by atoms with Crippen molar-refractivity contribution in [1.82, 2.24) is 14.6 Å². The summed E-state index contributed by atoms with van der Waals surface area (Å²) in [6.07, 6.45) is 1.83. The fourth-order valence-electron chi connectivity index (χ4n) is 1.50. The van der Waals surface area contributed by atoms with E-state index in [1.54, 1.807) is 0 Å². The molecule has 1 fully saturated rings. The van der Waals surface area contributed by atoms with Gasteiger partial charge in [-0.1, -0.05) is 0 Å². The van der Waals surface area contributed by atoms with Crippen LogP contribution in [0.15, 0.2) is 16.7 Å². The van der Waals surface area contributed by atoms with Gasteiger partial charge in [0.2, 0.25) is 11.9 Å². The normalized spacial score (nSPS) is 15.2. The van der Waals surface area contributed by atoms with Crippen LogP contribution >= 0.6 is 15.9 Å². The van der Waals surface area contributed by atoms with Crippen LogP contribution in [0.5, 0.6) is 0 Å². The number of pyridine rings is 1. The summed E-state index contributed by atoms with van der Waals surface area (Å²) < 4.78 is 14.7. The zero-order valence-corrected chi connectivity index (χ0v) is 10.2. The molecular weight excluding hydrogens is 291 g/mol. The molecule has 88 valence electrons.